The Balaban J connectivity index is -0.000000245. The summed E-state index contributed by atoms with van der Waals surface area (Å²) < 4.78 is 0.568. The Kier molecular flexibility index (Phi) is 14.8. The van der Waals surface area contributed by atoms with Gasteiger partial charge in [0, 0.05) is 5.75 Å². The van der Waals surface area contributed by atoms with Gasteiger partial charge in [0.2, 0.25) is 0 Å². The Bertz CT molecular complexity index is 82.0. The van der Waals surface area contributed by atoms with Gasteiger partial charge in [0.1, 0.15) is 4.32 Å². The van der Waals surface area contributed by atoms with Gasteiger partial charge in [-0.15, -0.1) is 0 Å². The van der Waals surface area contributed by atoms with E-state index >= 15 is 0 Å². The molecule has 0 unspecified atom stereocenters. The van der Waals surface area contributed by atoms with Crippen LogP contribution >= 0.6 is 24.0 Å². The van der Waals surface area contributed by atoms with E-state index in [4.69, 9.17) is 5.73 Å². The fourth-order valence-electron chi connectivity index (χ4n) is 0.317. The van der Waals surface area contributed by atoms with Crippen LogP contribution in [0.1, 0.15) is 21.2 Å². The summed E-state index contributed by atoms with van der Waals surface area (Å²) in [7, 11) is 0. The van der Waals surface area contributed by atoms with E-state index in [0.717, 1.165) is 5.75 Å². The van der Waals surface area contributed by atoms with Crippen molar-refractivity contribution in [3.05, 3.63) is 0 Å². The van der Waals surface area contributed by atoms with Gasteiger partial charge in [-0.3, -0.25) is 0 Å². The molecule has 0 saturated heterocycles. The molecule has 0 aliphatic rings. The third-order valence-corrected chi connectivity index (χ3v) is 1.87. The number of thiocarbonyl (C=S) groups is 1. The van der Waals surface area contributed by atoms with E-state index in [1.54, 1.807) is 11.8 Å². The first-order valence-corrected chi connectivity index (χ1v) is 4.09. The first-order chi connectivity index (χ1) is 3.77. The number of unbranched alkanes of at least 4 members (excludes halogenated alkanes) is 1. The third-order valence-electron chi connectivity index (χ3n) is 0.742. The summed E-state index contributed by atoms with van der Waals surface area (Å²) >= 11 is 6.21. The number of thioether (sulfide) groups is 1. The molecule has 0 atom stereocenters. The largest absolute Gasteiger partial charge is 1.00 e. The van der Waals surface area contributed by atoms with Crippen LogP contribution in [0.5, 0.6) is 0 Å². The molecular weight excluding hydrogens is 177 g/mol. The summed E-state index contributed by atoms with van der Waals surface area (Å²) in [6, 6.07) is 0. The minimum absolute atomic E-state index is 0. The van der Waals surface area contributed by atoms with Crippen molar-refractivity contribution in [3.63, 3.8) is 0 Å². The van der Waals surface area contributed by atoms with E-state index in [-0.39, 0.29) is 52.8 Å². The molecule has 0 radical (unpaired) electrons. The molecule has 0 amide bonds. The predicted molar refractivity (Wildman–Crippen MR) is 45.3 cm³/mol. The molecule has 0 heterocycles. The van der Waals surface area contributed by atoms with Gasteiger partial charge >= 0.3 is 51.4 Å². The van der Waals surface area contributed by atoms with Crippen LogP contribution in [-0.4, -0.2) is 10.1 Å². The van der Waals surface area contributed by atoms with Crippen LogP contribution in [0.4, 0.5) is 0 Å². The van der Waals surface area contributed by atoms with Gasteiger partial charge in [-0.05, 0) is 6.42 Å². The molecule has 9 heavy (non-hydrogen) atoms. The zero-order valence-electron chi connectivity index (χ0n) is 7.02. The van der Waals surface area contributed by atoms with E-state index in [1.807, 2.05) is 0 Å². The van der Waals surface area contributed by atoms with Crippen molar-refractivity contribution in [2.75, 3.05) is 5.75 Å². The summed E-state index contributed by atoms with van der Waals surface area (Å²) in [5, 5.41) is 0. The molecule has 0 aromatic rings. The Morgan fingerprint density at radius 2 is 2.33 bits per heavy atom. The Morgan fingerprint density at radius 1 is 1.78 bits per heavy atom. The zero-order chi connectivity index (χ0) is 6.41. The van der Waals surface area contributed by atoms with E-state index < -0.39 is 0 Å². The molecule has 1 nitrogen and oxygen atoms in total. The zero-order valence-corrected chi connectivity index (χ0v) is 10.8. The fraction of sp³-hybridized carbons (Fsp3) is 0.800. The molecule has 2 N–H and O–H groups in total. The fourth-order valence-corrected chi connectivity index (χ4v) is 1.20. The van der Waals surface area contributed by atoms with Crippen molar-refractivity contribution in [1.29, 1.82) is 0 Å². The molecule has 0 bridgehead atoms. The van der Waals surface area contributed by atoms with Gasteiger partial charge in [-0.1, -0.05) is 37.3 Å². The average Bonchev–Trinajstić information content (AvgIpc) is 1.66. The van der Waals surface area contributed by atoms with Gasteiger partial charge in [-0.2, -0.15) is 0 Å². The van der Waals surface area contributed by atoms with Crippen LogP contribution in [0.2, 0.25) is 0 Å². The summed E-state index contributed by atoms with van der Waals surface area (Å²) in [4.78, 5) is 0. The van der Waals surface area contributed by atoms with Gasteiger partial charge in [0.25, 0.3) is 0 Å². The monoisotopic (exact) mass is 189 g/mol. The molecule has 0 spiro atoms. The van der Waals surface area contributed by atoms with Crippen molar-refractivity contribution >= 4 is 28.3 Å². The first kappa shape index (κ1) is 13.5. The van der Waals surface area contributed by atoms with Crippen molar-refractivity contribution in [1.82, 2.24) is 0 Å². The topological polar surface area (TPSA) is 26.0 Å². The van der Waals surface area contributed by atoms with Crippen LogP contribution in [-0.2, 0) is 0 Å². The van der Waals surface area contributed by atoms with E-state index in [9.17, 15) is 0 Å². The molecule has 50 valence electrons. The van der Waals surface area contributed by atoms with Crippen molar-refractivity contribution < 1.29 is 52.8 Å². The number of hydrogen-bond donors (Lipinski definition) is 1. The number of nitrogens with two attached hydrogens (primary N) is 1. The molecule has 0 fully saturated rings. The van der Waals surface area contributed by atoms with E-state index in [0.29, 0.717) is 4.32 Å². The Hall–Kier alpha value is 1.88. The first-order valence-electron chi connectivity index (χ1n) is 2.69. The summed E-state index contributed by atoms with van der Waals surface area (Å²) in [5.41, 5.74) is 5.23. The normalized spacial score (nSPS) is 8.11. The van der Waals surface area contributed by atoms with Gasteiger partial charge in [0.15, 0.2) is 0 Å². The quantitative estimate of drug-likeness (QED) is 0.346. The number of hydrogen-bond acceptors (Lipinski definition) is 2. The van der Waals surface area contributed by atoms with Crippen LogP contribution < -0.4 is 57.1 Å². The number of rotatable bonds is 3. The van der Waals surface area contributed by atoms with Gasteiger partial charge < -0.3 is 7.16 Å². The van der Waals surface area contributed by atoms with Gasteiger partial charge in [-0.25, -0.2) is 0 Å². The Morgan fingerprint density at radius 3 is 2.67 bits per heavy atom. The molecule has 0 aromatic carbocycles. The smallest absolute Gasteiger partial charge is 1.00 e. The minimum atomic E-state index is 0. The maximum absolute atomic E-state index is 5.23. The molecule has 0 aromatic heterocycles. The standard InChI is InChI=1S/C5H11NS2.K.H/c1-2-3-4-8-5(6)7;;/h2-4H2,1H3,(H2,6,7);;/q;+1;-1. The molecule has 4 heteroatoms. The van der Waals surface area contributed by atoms with Crippen LogP contribution in [0.3, 0.4) is 0 Å². The molecule has 0 aliphatic heterocycles. The maximum Gasteiger partial charge on any atom is 1.00 e. The van der Waals surface area contributed by atoms with Crippen LogP contribution in [0, 0.1) is 0 Å². The second-order valence-electron chi connectivity index (χ2n) is 1.52. The third kappa shape index (κ3) is 13.0. The second-order valence-corrected chi connectivity index (χ2v) is 3.36. The van der Waals surface area contributed by atoms with Crippen LogP contribution in [0.15, 0.2) is 0 Å². The summed E-state index contributed by atoms with van der Waals surface area (Å²) in [5.74, 6) is 1.08. The van der Waals surface area contributed by atoms with Gasteiger partial charge in [0.05, 0.1) is 0 Å². The predicted octanol–water partition coefficient (Wildman–Crippen LogP) is -1.12. The minimum Gasteiger partial charge on any atom is -1.00 e. The molecule has 0 rings (SSSR count). The van der Waals surface area contributed by atoms with Crippen LogP contribution in [0.25, 0.3) is 0 Å². The van der Waals surface area contributed by atoms with Crippen molar-refractivity contribution in [3.8, 4) is 0 Å². The molecular formula is C5H12KNS2. The molecule has 0 aliphatic carbocycles. The molecule has 0 saturated carbocycles. The maximum atomic E-state index is 5.23. The Labute approximate surface area is 110 Å². The van der Waals surface area contributed by atoms with E-state index in [1.165, 1.54) is 12.8 Å². The SMILES string of the molecule is CCCCSC(N)=S.[H-].[K+]. The van der Waals surface area contributed by atoms with Crippen molar-refractivity contribution in [2.24, 2.45) is 5.73 Å². The average molecular weight is 189 g/mol. The van der Waals surface area contributed by atoms with Crippen molar-refractivity contribution in [2.45, 2.75) is 19.8 Å². The summed E-state index contributed by atoms with van der Waals surface area (Å²) in [6.45, 7) is 2.15. The second kappa shape index (κ2) is 9.88. The van der Waals surface area contributed by atoms with E-state index in [2.05, 4.69) is 19.1 Å². The summed E-state index contributed by atoms with van der Waals surface area (Å²) in [6.07, 6.45) is 2.43.